The molecule has 1 aromatic carbocycles. The molecule has 2 N–H and O–H groups in total. The average Bonchev–Trinajstić information content (AvgIpc) is 3.42. The van der Waals surface area contributed by atoms with Gasteiger partial charge < -0.3 is 15.0 Å². The van der Waals surface area contributed by atoms with Gasteiger partial charge in [0.25, 0.3) is 0 Å². The minimum atomic E-state index is -0.307. The van der Waals surface area contributed by atoms with Gasteiger partial charge in [-0.2, -0.15) is 0 Å². The maximum absolute atomic E-state index is 12.4. The van der Waals surface area contributed by atoms with E-state index in [9.17, 15) is 4.79 Å². The molecule has 3 heterocycles. The van der Waals surface area contributed by atoms with Crippen LogP contribution in [0, 0.1) is 0 Å². The van der Waals surface area contributed by atoms with E-state index in [0.717, 1.165) is 52.3 Å². The number of amides is 2. The molecule has 2 aliphatic rings. The lowest BCUT2D eigenvalue weighted by Gasteiger charge is -2.25. The van der Waals surface area contributed by atoms with Crippen molar-refractivity contribution < 1.29 is 9.53 Å². The van der Waals surface area contributed by atoms with Gasteiger partial charge in [-0.25, -0.2) is 9.78 Å². The maximum Gasteiger partial charge on any atom is 0.325 e. The van der Waals surface area contributed by atoms with E-state index in [4.69, 9.17) is 9.72 Å². The van der Waals surface area contributed by atoms with E-state index in [-0.39, 0.29) is 6.03 Å². The average molecular weight is 445 g/mol. The summed E-state index contributed by atoms with van der Waals surface area (Å²) < 4.78 is 6.46. The number of morpholine rings is 1. The van der Waals surface area contributed by atoms with Gasteiger partial charge in [-0.1, -0.05) is 41.9 Å². The number of thiazole rings is 1. The highest BCUT2D eigenvalue weighted by Crippen LogP contribution is 2.35. The zero-order valence-corrected chi connectivity index (χ0v) is 18.2. The number of ether oxygens (including phenoxy) is 1. The summed E-state index contributed by atoms with van der Waals surface area (Å²) in [5.74, 6) is 0.490. The molecule has 10 heteroatoms. The van der Waals surface area contributed by atoms with Crippen molar-refractivity contribution in [2.75, 3.05) is 41.8 Å². The number of benzene rings is 1. The molecule has 0 unspecified atom stereocenters. The van der Waals surface area contributed by atoms with Gasteiger partial charge in [0.05, 0.1) is 23.4 Å². The van der Waals surface area contributed by atoms with Gasteiger partial charge in [0.2, 0.25) is 5.13 Å². The molecule has 1 aliphatic carbocycles. The van der Waals surface area contributed by atoms with E-state index in [0.29, 0.717) is 11.0 Å². The zero-order valence-electron chi connectivity index (χ0n) is 16.6. The standard InChI is InChI=1S/C20H24N6O2S2/c27-18(23-19-25-24-17(30-19)13-4-2-1-3-5-13)21-14-6-7-15-16(12-14)29-20(22-15)26-8-10-28-11-9-26/h6-7,12-13H,1-5,8-11H2,(H2,21,23,25,27). The van der Waals surface area contributed by atoms with Gasteiger partial charge >= 0.3 is 6.03 Å². The van der Waals surface area contributed by atoms with Gasteiger partial charge in [-0.15, -0.1) is 10.2 Å². The molecular formula is C20H24N6O2S2. The molecule has 0 spiro atoms. The third-order valence-corrected chi connectivity index (χ3v) is 7.61. The molecule has 0 atom stereocenters. The van der Waals surface area contributed by atoms with Crippen LogP contribution in [0.4, 0.5) is 20.7 Å². The highest BCUT2D eigenvalue weighted by atomic mass is 32.1. The number of carbonyl (C=O) groups excluding carboxylic acids is 1. The number of carbonyl (C=O) groups is 1. The fourth-order valence-corrected chi connectivity index (χ4v) is 5.90. The predicted octanol–water partition coefficient (Wildman–Crippen LogP) is 4.68. The van der Waals surface area contributed by atoms with Crippen molar-refractivity contribution in [3.63, 3.8) is 0 Å². The predicted molar refractivity (Wildman–Crippen MR) is 121 cm³/mol. The second-order valence-corrected chi connectivity index (χ2v) is 9.66. The molecule has 2 amide bonds. The molecule has 158 valence electrons. The molecule has 8 nitrogen and oxygen atoms in total. The molecule has 0 radical (unpaired) electrons. The van der Waals surface area contributed by atoms with Crippen LogP contribution in [-0.2, 0) is 4.74 Å². The molecule has 0 bridgehead atoms. The highest BCUT2D eigenvalue weighted by Gasteiger charge is 2.20. The van der Waals surface area contributed by atoms with Crippen LogP contribution in [0.15, 0.2) is 18.2 Å². The number of nitrogens with zero attached hydrogens (tertiary/aromatic N) is 4. The Morgan fingerprint density at radius 2 is 1.90 bits per heavy atom. The first-order valence-corrected chi connectivity index (χ1v) is 12.0. The first-order valence-electron chi connectivity index (χ1n) is 10.4. The molecule has 2 fully saturated rings. The summed E-state index contributed by atoms with van der Waals surface area (Å²) >= 11 is 3.12. The van der Waals surface area contributed by atoms with Crippen molar-refractivity contribution >= 4 is 54.9 Å². The minimum absolute atomic E-state index is 0.307. The second-order valence-electron chi connectivity index (χ2n) is 7.64. The van der Waals surface area contributed by atoms with Gasteiger partial charge in [0.1, 0.15) is 5.01 Å². The van der Waals surface area contributed by atoms with Crippen LogP contribution in [0.2, 0.25) is 0 Å². The van der Waals surface area contributed by atoms with Crippen molar-refractivity contribution in [1.82, 2.24) is 15.2 Å². The van der Waals surface area contributed by atoms with Crippen molar-refractivity contribution in [1.29, 1.82) is 0 Å². The Morgan fingerprint density at radius 1 is 1.07 bits per heavy atom. The molecule has 1 saturated heterocycles. The van der Waals surface area contributed by atoms with E-state index in [2.05, 4.69) is 25.7 Å². The number of aromatic nitrogens is 3. The molecule has 30 heavy (non-hydrogen) atoms. The SMILES string of the molecule is O=C(Nc1ccc2nc(N3CCOCC3)sc2c1)Nc1nnc(C2CCCCC2)s1. The summed E-state index contributed by atoms with van der Waals surface area (Å²) in [5, 5.41) is 16.7. The van der Waals surface area contributed by atoms with Gasteiger partial charge in [0.15, 0.2) is 5.13 Å². The van der Waals surface area contributed by atoms with Crippen LogP contribution >= 0.6 is 22.7 Å². The summed E-state index contributed by atoms with van der Waals surface area (Å²) in [4.78, 5) is 19.4. The summed E-state index contributed by atoms with van der Waals surface area (Å²) in [6.45, 7) is 3.18. The molecular weight excluding hydrogens is 420 g/mol. The van der Waals surface area contributed by atoms with Crippen molar-refractivity contribution in [3.05, 3.63) is 23.2 Å². The largest absolute Gasteiger partial charge is 0.378 e. The lowest BCUT2D eigenvalue weighted by Crippen LogP contribution is -2.36. The van der Waals surface area contributed by atoms with Crippen molar-refractivity contribution in [2.24, 2.45) is 0 Å². The summed E-state index contributed by atoms with van der Waals surface area (Å²) in [6, 6.07) is 5.47. The Kier molecular flexibility index (Phi) is 5.78. The van der Waals surface area contributed by atoms with Gasteiger partial charge in [-0.3, -0.25) is 5.32 Å². The van der Waals surface area contributed by atoms with Crippen LogP contribution < -0.4 is 15.5 Å². The second kappa shape index (κ2) is 8.83. The number of anilines is 3. The summed E-state index contributed by atoms with van der Waals surface area (Å²) in [6.07, 6.45) is 6.15. The highest BCUT2D eigenvalue weighted by molar-refractivity contribution is 7.22. The quantitative estimate of drug-likeness (QED) is 0.607. The Balaban J connectivity index is 1.22. The van der Waals surface area contributed by atoms with Crippen molar-refractivity contribution in [3.8, 4) is 0 Å². The third kappa shape index (κ3) is 4.40. The summed E-state index contributed by atoms with van der Waals surface area (Å²) in [7, 11) is 0. The van der Waals surface area contributed by atoms with Crippen LogP contribution in [0.25, 0.3) is 10.2 Å². The number of fused-ring (bicyclic) bond motifs is 1. The topological polar surface area (TPSA) is 92.3 Å². The zero-order chi connectivity index (χ0) is 20.3. The van der Waals surface area contributed by atoms with E-state index in [1.54, 1.807) is 11.3 Å². The lowest BCUT2D eigenvalue weighted by molar-refractivity contribution is 0.122. The van der Waals surface area contributed by atoms with Crippen LogP contribution in [0.1, 0.15) is 43.0 Å². The lowest BCUT2D eigenvalue weighted by atomic mass is 9.90. The Bertz CT molecular complexity index is 1020. The smallest absolute Gasteiger partial charge is 0.325 e. The first kappa shape index (κ1) is 19.7. The van der Waals surface area contributed by atoms with Gasteiger partial charge in [-0.05, 0) is 31.0 Å². The fourth-order valence-electron chi connectivity index (χ4n) is 3.94. The Hall–Kier alpha value is -2.30. The normalized spacial score (nSPS) is 17.9. The fraction of sp³-hybridized carbons (Fsp3) is 0.500. The number of rotatable bonds is 4. The molecule has 1 aliphatic heterocycles. The minimum Gasteiger partial charge on any atom is -0.378 e. The first-order chi connectivity index (χ1) is 14.7. The number of nitrogens with one attached hydrogen (secondary N) is 2. The number of hydrogen-bond acceptors (Lipinski definition) is 8. The molecule has 3 aromatic rings. The van der Waals surface area contributed by atoms with E-state index in [1.807, 2.05) is 18.2 Å². The van der Waals surface area contributed by atoms with Crippen LogP contribution in [0.5, 0.6) is 0 Å². The van der Waals surface area contributed by atoms with Crippen LogP contribution in [-0.4, -0.2) is 47.5 Å². The molecule has 1 saturated carbocycles. The number of hydrogen-bond donors (Lipinski definition) is 2. The van der Waals surface area contributed by atoms with Crippen molar-refractivity contribution in [2.45, 2.75) is 38.0 Å². The monoisotopic (exact) mass is 444 g/mol. The Morgan fingerprint density at radius 3 is 2.73 bits per heavy atom. The van der Waals surface area contributed by atoms with E-state index < -0.39 is 0 Å². The number of urea groups is 1. The molecule has 2 aromatic heterocycles. The maximum atomic E-state index is 12.4. The molecule has 5 rings (SSSR count). The third-order valence-electron chi connectivity index (χ3n) is 5.53. The Labute approximate surface area is 182 Å². The summed E-state index contributed by atoms with van der Waals surface area (Å²) in [5.41, 5.74) is 1.67. The van der Waals surface area contributed by atoms with E-state index in [1.165, 1.54) is 43.4 Å². The van der Waals surface area contributed by atoms with E-state index >= 15 is 0 Å². The van der Waals surface area contributed by atoms with Crippen LogP contribution in [0.3, 0.4) is 0 Å². The van der Waals surface area contributed by atoms with Gasteiger partial charge in [0, 0.05) is 24.7 Å².